The van der Waals surface area contributed by atoms with Crippen LogP contribution in [0, 0.1) is 11.3 Å². The van der Waals surface area contributed by atoms with Crippen molar-refractivity contribution in [2.45, 2.75) is 37.5 Å². The molecular formula is C16H17ClN2O2. The van der Waals surface area contributed by atoms with Gasteiger partial charge in [-0.05, 0) is 25.0 Å². The van der Waals surface area contributed by atoms with Gasteiger partial charge in [-0.25, -0.2) is 0 Å². The molecule has 0 unspecified atom stereocenters. The molecule has 5 heteroatoms. The molecule has 1 fully saturated rings. The molecule has 1 aliphatic heterocycles. The topological polar surface area (TPSA) is 53.3 Å². The predicted octanol–water partition coefficient (Wildman–Crippen LogP) is 3.42. The molecule has 0 radical (unpaired) electrons. The molecule has 1 aromatic rings. The van der Waals surface area contributed by atoms with E-state index in [0.29, 0.717) is 10.8 Å². The van der Waals surface area contributed by atoms with Crippen LogP contribution in [0.4, 0.5) is 5.69 Å². The summed E-state index contributed by atoms with van der Waals surface area (Å²) in [5.41, 5.74) is 1.14. The van der Waals surface area contributed by atoms with Crippen molar-refractivity contribution in [1.82, 2.24) is 0 Å². The van der Waals surface area contributed by atoms with Crippen LogP contribution in [0.2, 0.25) is 5.02 Å². The summed E-state index contributed by atoms with van der Waals surface area (Å²) in [6.45, 7) is -0.0386. The van der Waals surface area contributed by atoms with Crippen LogP contribution in [0.1, 0.15) is 37.7 Å². The number of carbonyl (C=O) groups excluding carboxylic acids is 1. The van der Waals surface area contributed by atoms with Gasteiger partial charge in [0, 0.05) is 17.6 Å². The summed E-state index contributed by atoms with van der Waals surface area (Å²) in [5, 5.41) is 9.33. The number of rotatable bonds is 2. The second kappa shape index (κ2) is 5.23. The van der Waals surface area contributed by atoms with Gasteiger partial charge in [0.1, 0.15) is 11.8 Å². The fourth-order valence-corrected chi connectivity index (χ4v) is 4.04. The predicted molar refractivity (Wildman–Crippen MR) is 80.7 cm³/mol. The van der Waals surface area contributed by atoms with Crippen LogP contribution < -0.4 is 9.64 Å². The van der Waals surface area contributed by atoms with Crippen molar-refractivity contribution in [2.75, 3.05) is 18.6 Å². The summed E-state index contributed by atoms with van der Waals surface area (Å²) in [6.07, 6.45) is 4.92. The molecule has 1 spiro atoms. The smallest absolute Gasteiger partial charge is 0.237 e. The van der Waals surface area contributed by atoms with Crippen LogP contribution in [-0.4, -0.2) is 19.6 Å². The average molecular weight is 305 g/mol. The quantitative estimate of drug-likeness (QED) is 0.841. The summed E-state index contributed by atoms with van der Waals surface area (Å²) >= 11 is 6.43. The molecule has 1 heterocycles. The zero-order valence-corrected chi connectivity index (χ0v) is 12.7. The first kappa shape index (κ1) is 14.2. The van der Waals surface area contributed by atoms with Gasteiger partial charge in [0.15, 0.2) is 6.61 Å². The number of benzene rings is 1. The largest absolute Gasteiger partial charge is 0.477 e. The first-order chi connectivity index (χ1) is 10.1. The Morgan fingerprint density at radius 3 is 2.76 bits per heavy atom. The molecule has 1 saturated carbocycles. The van der Waals surface area contributed by atoms with E-state index < -0.39 is 5.41 Å². The maximum absolute atomic E-state index is 12.9. The van der Waals surface area contributed by atoms with Gasteiger partial charge in [0.25, 0.3) is 0 Å². The van der Waals surface area contributed by atoms with Crippen LogP contribution in [0.5, 0.6) is 5.75 Å². The monoisotopic (exact) mass is 304 g/mol. The van der Waals surface area contributed by atoms with Crippen LogP contribution in [0.15, 0.2) is 12.1 Å². The van der Waals surface area contributed by atoms with Crippen molar-refractivity contribution in [3.63, 3.8) is 0 Å². The lowest BCUT2D eigenvalue weighted by atomic mass is 9.70. The minimum absolute atomic E-state index is 0.0386. The second-order valence-electron chi connectivity index (χ2n) is 5.72. The van der Waals surface area contributed by atoms with E-state index in [1.807, 2.05) is 6.07 Å². The average Bonchev–Trinajstić information content (AvgIpc) is 2.71. The Labute approximate surface area is 129 Å². The number of amides is 1. The summed E-state index contributed by atoms with van der Waals surface area (Å²) in [6, 6.07) is 5.47. The van der Waals surface area contributed by atoms with E-state index in [4.69, 9.17) is 21.6 Å². The fraction of sp³-hybridized carbons (Fsp3) is 0.500. The Balaban J connectivity index is 2.16. The van der Waals surface area contributed by atoms with Crippen LogP contribution >= 0.6 is 11.6 Å². The first-order valence-corrected chi connectivity index (χ1v) is 7.60. The van der Waals surface area contributed by atoms with E-state index >= 15 is 0 Å². The van der Waals surface area contributed by atoms with Crippen LogP contribution in [0.3, 0.4) is 0 Å². The highest BCUT2D eigenvalue weighted by Gasteiger charge is 2.52. The molecule has 0 atom stereocenters. The number of nitriles is 1. The zero-order chi connectivity index (χ0) is 15.0. The van der Waals surface area contributed by atoms with Crippen LogP contribution in [-0.2, 0) is 10.2 Å². The lowest BCUT2D eigenvalue weighted by molar-refractivity contribution is -0.124. The Morgan fingerprint density at radius 1 is 1.38 bits per heavy atom. The van der Waals surface area contributed by atoms with Crippen molar-refractivity contribution in [3.05, 3.63) is 22.7 Å². The number of carbonyl (C=O) groups is 1. The lowest BCUT2D eigenvalue weighted by Crippen LogP contribution is -2.40. The number of likely N-dealkylation sites (N-methyl/N-ethyl adjacent to an activating group) is 1. The highest BCUT2D eigenvalue weighted by Crippen LogP contribution is 2.55. The van der Waals surface area contributed by atoms with Crippen molar-refractivity contribution in [2.24, 2.45) is 0 Å². The van der Waals surface area contributed by atoms with Gasteiger partial charge in [0.2, 0.25) is 5.91 Å². The van der Waals surface area contributed by atoms with E-state index in [0.717, 1.165) is 43.4 Å². The molecule has 110 valence electrons. The highest BCUT2D eigenvalue weighted by atomic mass is 35.5. The molecule has 3 rings (SSSR count). The molecule has 0 aromatic heterocycles. The van der Waals surface area contributed by atoms with E-state index in [1.54, 1.807) is 24.1 Å². The Morgan fingerprint density at radius 2 is 2.10 bits per heavy atom. The van der Waals surface area contributed by atoms with Gasteiger partial charge in [-0.3, -0.25) is 4.79 Å². The van der Waals surface area contributed by atoms with E-state index in [9.17, 15) is 4.79 Å². The van der Waals surface area contributed by atoms with Gasteiger partial charge in [0.05, 0.1) is 11.1 Å². The van der Waals surface area contributed by atoms with Crippen molar-refractivity contribution in [1.29, 1.82) is 5.26 Å². The second-order valence-corrected chi connectivity index (χ2v) is 6.13. The minimum atomic E-state index is -0.495. The molecule has 0 saturated heterocycles. The zero-order valence-electron chi connectivity index (χ0n) is 12.0. The third-order valence-electron chi connectivity index (χ3n) is 4.62. The summed E-state index contributed by atoms with van der Waals surface area (Å²) in [4.78, 5) is 14.5. The van der Waals surface area contributed by atoms with Gasteiger partial charge < -0.3 is 9.64 Å². The summed E-state index contributed by atoms with van der Waals surface area (Å²) < 4.78 is 5.49. The van der Waals surface area contributed by atoms with Gasteiger partial charge in [-0.15, -0.1) is 0 Å². The molecule has 0 N–H and O–H groups in total. The first-order valence-electron chi connectivity index (χ1n) is 7.23. The number of hydrogen-bond donors (Lipinski definition) is 0. The third kappa shape index (κ3) is 1.99. The van der Waals surface area contributed by atoms with E-state index in [2.05, 4.69) is 0 Å². The molecule has 21 heavy (non-hydrogen) atoms. The fourth-order valence-electron chi connectivity index (χ4n) is 3.71. The van der Waals surface area contributed by atoms with E-state index in [1.165, 1.54) is 0 Å². The normalized spacial score (nSPS) is 19.5. The lowest BCUT2D eigenvalue weighted by Gasteiger charge is -2.32. The number of anilines is 1. The molecular weight excluding hydrogens is 288 g/mol. The number of fused-ring (bicyclic) bond motifs is 2. The van der Waals surface area contributed by atoms with Gasteiger partial charge in [-0.1, -0.05) is 30.9 Å². The minimum Gasteiger partial charge on any atom is -0.477 e. The van der Waals surface area contributed by atoms with Crippen LogP contribution in [0.25, 0.3) is 0 Å². The summed E-state index contributed by atoms with van der Waals surface area (Å²) in [5.74, 6) is 0.668. The highest BCUT2D eigenvalue weighted by molar-refractivity contribution is 6.33. The maximum Gasteiger partial charge on any atom is 0.237 e. The Hall–Kier alpha value is -1.73. The molecule has 0 bridgehead atoms. The molecule has 2 aliphatic rings. The maximum atomic E-state index is 12.9. The van der Waals surface area contributed by atoms with Crippen molar-refractivity contribution in [3.8, 4) is 11.8 Å². The van der Waals surface area contributed by atoms with Gasteiger partial charge in [-0.2, -0.15) is 5.26 Å². The third-order valence-corrected chi connectivity index (χ3v) is 4.93. The van der Waals surface area contributed by atoms with Gasteiger partial charge >= 0.3 is 0 Å². The SMILES string of the molecule is CN1C(=O)C2(CCCCC2)c2c(Cl)ccc(OCC#N)c21. The molecule has 1 aliphatic carbocycles. The number of hydrogen-bond acceptors (Lipinski definition) is 3. The summed E-state index contributed by atoms with van der Waals surface area (Å²) in [7, 11) is 1.76. The standard InChI is InChI=1S/C16H17ClN2O2/c1-19-14-12(21-10-9-18)6-5-11(17)13(14)16(15(19)20)7-3-2-4-8-16/h5-6H,2-4,7-8,10H2,1H3. The van der Waals surface area contributed by atoms with Crippen molar-refractivity contribution >= 4 is 23.2 Å². The number of nitrogens with zero attached hydrogens (tertiary/aromatic N) is 2. The Kier molecular flexibility index (Phi) is 3.54. The molecule has 1 amide bonds. The number of halogens is 1. The molecule has 1 aromatic carbocycles. The number of ether oxygens (including phenoxy) is 1. The molecule has 4 nitrogen and oxygen atoms in total. The Bertz CT molecular complexity index is 630. The van der Waals surface area contributed by atoms with E-state index in [-0.39, 0.29) is 12.5 Å². The van der Waals surface area contributed by atoms with Crippen molar-refractivity contribution < 1.29 is 9.53 Å².